The molecule has 0 aliphatic carbocycles. The van der Waals surface area contributed by atoms with Crippen LogP contribution in [0.3, 0.4) is 0 Å². The zero-order valence-electron chi connectivity index (χ0n) is 10.8. The minimum atomic E-state index is 0.0560. The van der Waals surface area contributed by atoms with E-state index in [0.29, 0.717) is 0 Å². The molecular weight excluding hydrogens is 308 g/mol. The molecule has 0 aliphatic rings. The van der Waals surface area contributed by atoms with Crippen LogP contribution in [0.5, 0.6) is 0 Å². The molecule has 3 N–H and O–H groups in total. The van der Waals surface area contributed by atoms with E-state index >= 15 is 0 Å². The SMILES string of the molecule is Cc1cc(C(NN)c2cc(C)c(Br)c(C)c2)cs1. The lowest BCUT2D eigenvalue weighted by Gasteiger charge is -2.17. The van der Waals surface area contributed by atoms with E-state index in [1.807, 2.05) is 0 Å². The lowest BCUT2D eigenvalue weighted by molar-refractivity contribution is 0.637. The van der Waals surface area contributed by atoms with Crippen molar-refractivity contribution in [1.29, 1.82) is 0 Å². The summed E-state index contributed by atoms with van der Waals surface area (Å²) in [5, 5.41) is 2.16. The van der Waals surface area contributed by atoms with Gasteiger partial charge in [-0.15, -0.1) is 11.3 Å². The Morgan fingerprint density at radius 1 is 1.11 bits per heavy atom. The summed E-state index contributed by atoms with van der Waals surface area (Å²) in [4.78, 5) is 1.30. The molecule has 4 heteroatoms. The lowest BCUT2D eigenvalue weighted by atomic mass is 9.98. The monoisotopic (exact) mass is 324 g/mol. The molecule has 18 heavy (non-hydrogen) atoms. The topological polar surface area (TPSA) is 38.0 Å². The van der Waals surface area contributed by atoms with Crippen molar-refractivity contribution in [2.45, 2.75) is 26.8 Å². The molecule has 0 spiro atoms. The Kier molecular flexibility index (Phi) is 4.22. The van der Waals surface area contributed by atoms with E-state index in [9.17, 15) is 0 Å². The van der Waals surface area contributed by atoms with Crippen LogP contribution < -0.4 is 11.3 Å². The molecule has 0 radical (unpaired) electrons. The number of hydrogen-bond donors (Lipinski definition) is 2. The van der Waals surface area contributed by atoms with Crippen molar-refractivity contribution < 1.29 is 0 Å². The number of hydrazine groups is 1. The van der Waals surface area contributed by atoms with Crippen molar-refractivity contribution in [2.24, 2.45) is 5.84 Å². The zero-order chi connectivity index (χ0) is 13.3. The molecule has 2 nitrogen and oxygen atoms in total. The third kappa shape index (κ3) is 2.67. The molecule has 0 amide bonds. The fourth-order valence-corrected chi connectivity index (χ4v) is 3.11. The molecule has 2 rings (SSSR count). The van der Waals surface area contributed by atoms with Gasteiger partial charge in [0.25, 0.3) is 0 Å². The number of thiophene rings is 1. The molecule has 0 saturated heterocycles. The van der Waals surface area contributed by atoms with E-state index in [4.69, 9.17) is 5.84 Å². The van der Waals surface area contributed by atoms with E-state index in [0.717, 1.165) is 0 Å². The van der Waals surface area contributed by atoms with Gasteiger partial charge in [0.15, 0.2) is 0 Å². The van der Waals surface area contributed by atoms with Gasteiger partial charge in [-0.2, -0.15) is 0 Å². The Morgan fingerprint density at radius 3 is 2.17 bits per heavy atom. The summed E-state index contributed by atoms with van der Waals surface area (Å²) in [5.41, 5.74) is 7.81. The van der Waals surface area contributed by atoms with Crippen molar-refractivity contribution in [3.8, 4) is 0 Å². The minimum absolute atomic E-state index is 0.0560. The second-order valence-electron chi connectivity index (χ2n) is 4.56. The van der Waals surface area contributed by atoms with Crippen LogP contribution in [0.2, 0.25) is 0 Å². The number of hydrogen-bond acceptors (Lipinski definition) is 3. The first-order valence-electron chi connectivity index (χ1n) is 5.80. The molecule has 1 aromatic heterocycles. The average molecular weight is 325 g/mol. The maximum atomic E-state index is 5.73. The second-order valence-corrected chi connectivity index (χ2v) is 6.47. The van der Waals surface area contributed by atoms with E-state index in [-0.39, 0.29) is 6.04 Å². The van der Waals surface area contributed by atoms with Crippen LogP contribution in [0.15, 0.2) is 28.1 Å². The Bertz CT molecular complexity index is 540. The highest BCUT2D eigenvalue weighted by atomic mass is 79.9. The van der Waals surface area contributed by atoms with Gasteiger partial charge in [0, 0.05) is 9.35 Å². The normalized spacial score (nSPS) is 12.7. The zero-order valence-corrected chi connectivity index (χ0v) is 13.2. The first kappa shape index (κ1) is 13.7. The summed E-state index contributed by atoms with van der Waals surface area (Å²) >= 11 is 5.34. The number of halogens is 1. The first-order chi connectivity index (χ1) is 8.52. The Balaban J connectivity index is 2.45. The van der Waals surface area contributed by atoms with E-state index in [2.05, 4.69) is 65.7 Å². The minimum Gasteiger partial charge on any atom is -0.271 e. The number of benzene rings is 1. The maximum absolute atomic E-state index is 5.73. The van der Waals surface area contributed by atoms with Crippen LogP contribution in [0.25, 0.3) is 0 Å². The number of nitrogens with one attached hydrogen (secondary N) is 1. The standard InChI is InChI=1S/C14H17BrN2S/c1-8-4-11(5-9(2)13(8)15)14(17-16)12-6-10(3)18-7-12/h4-7,14,17H,16H2,1-3H3. The van der Waals surface area contributed by atoms with E-state index in [1.54, 1.807) is 11.3 Å². The van der Waals surface area contributed by atoms with Gasteiger partial charge in [-0.05, 0) is 54.5 Å². The molecular formula is C14H17BrN2S. The van der Waals surface area contributed by atoms with Gasteiger partial charge in [-0.25, -0.2) is 5.43 Å². The van der Waals surface area contributed by atoms with Gasteiger partial charge in [-0.1, -0.05) is 28.1 Å². The molecule has 2 aromatic rings. The van der Waals surface area contributed by atoms with Crippen molar-refractivity contribution in [2.75, 3.05) is 0 Å². The molecule has 1 heterocycles. The molecule has 1 unspecified atom stereocenters. The summed E-state index contributed by atoms with van der Waals surface area (Å²) < 4.78 is 1.17. The summed E-state index contributed by atoms with van der Waals surface area (Å²) in [6, 6.07) is 6.59. The summed E-state index contributed by atoms with van der Waals surface area (Å²) in [7, 11) is 0. The van der Waals surface area contributed by atoms with Crippen LogP contribution in [-0.2, 0) is 0 Å². The van der Waals surface area contributed by atoms with Crippen molar-refractivity contribution >= 4 is 27.3 Å². The molecule has 0 fully saturated rings. The fraction of sp³-hybridized carbons (Fsp3) is 0.286. The van der Waals surface area contributed by atoms with E-state index < -0.39 is 0 Å². The van der Waals surface area contributed by atoms with Crippen molar-refractivity contribution in [1.82, 2.24) is 5.43 Å². The van der Waals surface area contributed by atoms with Crippen molar-refractivity contribution in [3.05, 3.63) is 55.2 Å². The number of aryl methyl sites for hydroxylation is 3. The van der Waals surface area contributed by atoms with Gasteiger partial charge in [0.1, 0.15) is 0 Å². The van der Waals surface area contributed by atoms with Crippen LogP contribution in [0.1, 0.15) is 33.2 Å². The first-order valence-corrected chi connectivity index (χ1v) is 7.48. The van der Waals surface area contributed by atoms with Gasteiger partial charge >= 0.3 is 0 Å². The molecule has 1 atom stereocenters. The van der Waals surface area contributed by atoms with Gasteiger partial charge in [0.05, 0.1) is 6.04 Å². The fourth-order valence-electron chi connectivity index (χ4n) is 2.15. The van der Waals surface area contributed by atoms with Crippen LogP contribution in [0, 0.1) is 20.8 Å². The second kappa shape index (κ2) is 5.53. The van der Waals surface area contributed by atoms with Crippen molar-refractivity contribution in [3.63, 3.8) is 0 Å². The Hall–Kier alpha value is -0.680. The summed E-state index contributed by atoms with van der Waals surface area (Å²) in [6.45, 7) is 6.32. The van der Waals surface area contributed by atoms with Crippen LogP contribution in [-0.4, -0.2) is 0 Å². The number of rotatable bonds is 3. The van der Waals surface area contributed by atoms with Gasteiger partial charge in [-0.3, -0.25) is 5.84 Å². The Labute approximate surface area is 120 Å². The van der Waals surface area contributed by atoms with Gasteiger partial charge < -0.3 is 0 Å². The lowest BCUT2D eigenvalue weighted by Crippen LogP contribution is -2.28. The molecule has 1 aromatic carbocycles. The van der Waals surface area contributed by atoms with E-state index in [1.165, 1.54) is 31.6 Å². The predicted octanol–water partition coefficient (Wildman–Crippen LogP) is 3.99. The molecule has 96 valence electrons. The Morgan fingerprint density at radius 2 is 1.72 bits per heavy atom. The highest BCUT2D eigenvalue weighted by Gasteiger charge is 2.15. The average Bonchev–Trinajstić information content (AvgIpc) is 2.73. The third-order valence-electron chi connectivity index (χ3n) is 3.04. The van der Waals surface area contributed by atoms with Crippen LogP contribution in [0.4, 0.5) is 0 Å². The molecule has 0 bridgehead atoms. The largest absolute Gasteiger partial charge is 0.271 e. The van der Waals surface area contributed by atoms with Crippen LogP contribution >= 0.6 is 27.3 Å². The smallest absolute Gasteiger partial charge is 0.0718 e. The quantitative estimate of drug-likeness (QED) is 0.661. The summed E-state index contributed by atoms with van der Waals surface area (Å²) in [5.74, 6) is 5.73. The highest BCUT2D eigenvalue weighted by Crippen LogP contribution is 2.30. The number of nitrogens with two attached hydrogens (primary N) is 1. The third-order valence-corrected chi connectivity index (χ3v) is 5.17. The molecule has 0 saturated carbocycles. The maximum Gasteiger partial charge on any atom is 0.0718 e. The van der Waals surface area contributed by atoms with Gasteiger partial charge in [0.2, 0.25) is 0 Å². The predicted molar refractivity (Wildman–Crippen MR) is 81.8 cm³/mol. The molecule has 0 aliphatic heterocycles. The summed E-state index contributed by atoms with van der Waals surface area (Å²) in [6.07, 6.45) is 0. The highest BCUT2D eigenvalue weighted by molar-refractivity contribution is 9.10.